The van der Waals surface area contributed by atoms with Crippen molar-refractivity contribution in [1.29, 1.82) is 0 Å². The SMILES string of the molecule is Cc1noc(-c2cn(C3CCN(C(=O)Cc4ccc(Br)cc4)CC3)nn2)n1. The topological polar surface area (TPSA) is 89.9 Å². The molecule has 9 heteroatoms. The minimum Gasteiger partial charge on any atom is -0.342 e. The average Bonchev–Trinajstić information content (AvgIpc) is 3.33. The predicted molar refractivity (Wildman–Crippen MR) is 101 cm³/mol. The molecule has 0 saturated carbocycles. The van der Waals surface area contributed by atoms with Gasteiger partial charge < -0.3 is 9.42 Å². The maximum Gasteiger partial charge on any atom is 0.280 e. The molecule has 1 saturated heterocycles. The Morgan fingerprint density at radius 1 is 1.26 bits per heavy atom. The first-order valence-electron chi connectivity index (χ1n) is 8.83. The Bertz CT molecular complexity index is 927. The van der Waals surface area contributed by atoms with Gasteiger partial charge in [-0.05, 0) is 37.5 Å². The van der Waals surface area contributed by atoms with E-state index in [-0.39, 0.29) is 11.9 Å². The number of carbonyl (C=O) groups is 1. The number of piperidine rings is 1. The van der Waals surface area contributed by atoms with Crippen LogP contribution in [0.3, 0.4) is 0 Å². The Hall–Kier alpha value is -2.55. The molecule has 0 N–H and O–H groups in total. The Labute approximate surface area is 164 Å². The first kappa shape index (κ1) is 17.8. The van der Waals surface area contributed by atoms with E-state index in [0.29, 0.717) is 23.8 Å². The molecule has 3 heterocycles. The van der Waals surface area contributed by atoms with Crippen LogP contribution < -0.4 is 0 Å². The van der Waals surface area contributed by atoms with E-state index in [1.807, 2.05) is 40.0 Å². The highest BCUT2D eigenvalue weighted by Crippen LogP contribution is 2.24. The second kappa shape index (κ2) is 7.59. The van der Waals surface area contributed by atoms with Crippen molar-refractivity contribution in [1.82, 2.24) is 30.0 Å². The van der Waals surface area contributed by atoms with Crippen molar-refractivity contribution in [3.8, 4) is 11.6 Å². The fraction of sp³-hybridized carbons (Fsp3) is 0.389. The number of halogens is 1. The molecule has 2 aromatic heterocycles. The van der Waals surface area contributed by atoms with Crippen LogP contribution in [0.15, 0.2) is 39.5 Å². The Kier molecular flexibility index (Phi) is 5.02. The van der Waals surface area contributed by atoms with E-state index in [1.165, 1.54) is 0 Å². The normalized spacial score (nSPS) is 15.3. The van der Waals surface area contributed by atoms with Crippen molar-refractivity contribution in [2.45, 2.75) is 32.2 Å². The van der Waals surface area contributed by atoms with Gasteiger partial charge in [-0.25, -0.2) is 4.68 Å². The summed E-state index contributed by atoms with van der Waals surface area (Å²) in [5, 5.41) is 12.1. The summed E-state index contributed by atoms with van der Waals surface area (Å²) in [5.41, 5.74) is 1.60. The van der Waals surface area contributed by atoms with Crippen molar-refractivity contribution in [3.05, 3.63) is 46.3 Å². The molecule has 1 fully saturated rings. The molecule has 0 atom stereocenters. The summed E-state index contributed by atoms with van der Waals surface area (Å²) >= 11 is 3.41. The zero-order chi connectivity index (χ0) is 18.8. The third kappa shape index (κ3) is 4.08. The summed E-state index contributed by atoms with van der Waals surface area (Å²) in [4.78, 5) is 18.6. The van der Waals surface area contributed by atoms with Crippen LogP contribution in [0.2, 0.25) is 0 Å². The fourth-order valence-corrected chi connectivity index (χ4v) is 3.49. The van der Waals surface area contributed by atoms with Crippen LogP contribution in [-0.2, 0) is 11.2 Å². The molecule has 140 valence electrons. The number of aromatic nitrogens is 5. The average molecular weight is 431 g/mol. The molecule has 0 unspecified atom stereocenters. The van der Waals surface area contributed by atoms with Gasteiger partial charge in [0.2, 0.25) is 5.91 Å². The molecule has 0 aliphatic carbocycles. The van der Waals surface area contributed by atoms with E-state index >= 15 is 0 Å². The Morgan fingerprint density at radius 2 is 2.00 bits per heavy atom. The van der Waals surface area contributed by atoms with Gasteiger partial charge >= 0.3 is 0 Å². The molecule has 1 amide bonds. The number of aryl methyl sites for hydroxylation is 1. The zero-order valence-corrected chi connectivity index (χ0v) is 16.5. The molecule has 8 nitrogen and oxygen atoms in total. The molecular weight excluding hydrogens is 412 g/mol. The lowest BCUT2D eigenvalue weighted by atomic mass is 10.0. The maximum absolute atomic E-state index is 12.5. The van der Waals surface area contributed by atoms with Gasteiger partial charge in [-0.2, -0.15) is 4.98 Å². The highest BCUT2D eigenvalue weighted by atomic mass is 79.9. The molecule has 0 bridgehead atoms. The van der Waals surface area contributed by atoms with Crippen LogP contribution in [0.1, 0.15) is 30.3 Å². The van der Waals surface area contributed by atoms with Crippen molar-refractivity contribution < 1.29 is 9.32 Å². The third-order valence-corrected chi connectivity index (χ3v) is 5.25. The van der Waals surface area contributed by atoms with Crippen molar-refractivity contribution in [3.63, 3.8) is 0 Å². The van der Waals surface area contributed by atoms with E-state index in [0.717, 1.165) is 36.0 Å². The summed E-state index contributed by atoms with van der Waals surface area (Å²) in [7, 11) is 0. The number of carbonyl (C=O) groups excluding carboxylic acids is 1. The highest BCUT2D eigenvalue weighted by Gasteiger charge is 2.25. The smallest absolute Gasteiger partial charge is 0.280 e. The molecule has 0 spiro atoms. The monoisotopic (exact) mass is 430 g/mol. The van der Waals surface area contributed by atoms with Crippen molar-refractivity contribution in [2.75, 3.05) is 13.1 Å². The molecule has 1 aliphatic rings. The predicted octanol–water partition coefficient (Wildman–Crippen LogP) is 2.81. The standard InChI is InChI=1S/C18H19BrN6O2/c1-12-20-18(27-22-12)16-11-25(23-21-16)15-6-8-24(9-7-15)17(26)10-13-2-4-14(19)5-3-13/h2-5,11,15H,6-10H2,1H3. The van der Waals surface area contributed by atoms with Gasteiger partial charge in [0.15, 0.2) is 11.5 Å². The third-order valence-electron chi connectivity index (χ3n) is 4.72. The van der Waals surface area contributed by atoms with E-state index in [4.69, 9.17) is 4.52 Å². The Morgan fingerprint density at radius 3 is 2.67 bits per heavy atom. The minimum absolute atomic E-state index is 0.163. The second-order valence-corrected chi connectivity index (χ2v) is 7.56. The first-order chi connectivity index (χ1) is 13.1. The number of rotatable bonds is 4. The summed E-state index contributed by atoms with van der Waals surface area (Å²) < 4.78 is 7.99. The van der Waals surface area contributed by atoms with Crippen molar-refractivity contribution >= 4 is 21.8 Å². The fourth-order valence-electron chi connectivity index (χ4n) is 3.22. The van der Waals surface area contributed by atoms with Gasteiger partial charge in [-0.1, -0.05) is 38.4 Å². The van der Waals surface area contributed by atoms with Crippen LogP contribution in [0.5, 0.6) is 0 Å². The lowest BCUT2D eigenvalue weighted by Gasteiger charge is -2.32. The van der Waals surface area contributed by atoms with Crippen molar-refractivity contribution in [2.24, 2.45) is 0 Å². The number of amides is 1. The Balaban J connectivity index is 1.34. The van der Waals surface area contributed by atoms with E-state index in [1.54, 1.807) is 6.92 Å². The molecular formula is C18H19BrN6O2. The van der Waals surface area contributed by atoms with Gasteiger partial charge in [0.05, 0.1) is 18.7 Å². The number of likely N-dealkylation sites (tertiary alicyclic amines) is 1. The largest absolute Gasteiger partial charge is 0.342 e. The van der Waals surface area contributed by atoms with E-state index in [2.05, 4.69) is 36.4 Å². The number of hydrogen-bond donors (Lipinski definition) is 0. The van der Waals surface area contributed by atoms with Crippen LogP contribution in [0.25, 0.3) is 11.6 Å². The van der Waals surface area contributed by atoms with Crippen LogP contribution in [0.4, 0.5) is 0 Å². The van der Waals surface area contributed by atoms with Gasteiger partial charge in [0.25, 0.3) is 5.89 Å². The number of nitrogens with zero attached hydrogens (tertiary/aromatic N) is 6. The summed E-state index contributed by atoms with van der Waals surface area (Å²) in [6, 6.07) is 8.09. The number of hydrogen-bond acceptors (Lipinski definition) is 6. The molecule has 0 radical (unpaired) electrons. The first-order valence-corrected chi connectivity index (χ1v) is 9.62. The molecule has 27 heavy (non-hydrogen) atoms. The van der Waals surface area contributed by atoms with Gasteiger partial charge in [0, 0.05) is 17.6 Å². The van der Waals surface area contributed by atoms with E-state index in [9.17, 15) is 4.79 Å². The highest BCUT2D eigenvalue weighted by molar-refractivity contribution is 9.10. The zero-order valence-electron chi connectivity index (χ0n) is 14.9. The van der Waals surface area contributed by atoms with Gasteiger partial charge in [-0.15, -0.1) is 5.10 Å². The van der Waals surface area contributed by atoms with Crippen LogP contribution >= 0.6 is 15.9 Å². The molecule has 1 aliphatic heterocycles. The van der Waals surface area contributed by atoms with Gasteiger partial charge in [-0.3, -0.25) is 4.79 Å². The van der Waals surface area contributed by atoms with Gasteiger partial charge in [0.1, 0.15) is 0 Å². The van der Waals surface area contributed by atoms with Crippen LogP contribution in [-0.4, -0.2) is 49.0 Å². The lowest BCUT2D eigenvalue weighted by Crippen LogP contribution is -2.40. The van der Waals surface area contributed by atoms with Crippen LogP contribution in [0, 0.1) is 6.92 Å². The second-order valence-electron chi connectivity index (χ2n) is 6.65. The molecule has 3 aromatic rings. The summed E-state index contributed by atoms with van der Waals surface area (Å²) in [6.07, 6.45) is 3.95. The number of benzene rings is 1. The van der Waals surface area contributed by atoms with E-state index < -0.39 is 0 Å². The maximum atomic E-state index is 12.5. The summed E-state index contributed by atoms with van der Waals surface area (Å²) in [6.45, 7) is 3.20. The lowest BCUT2D eigenvalue weighted by molar-refractivity contribution is -0.131. The molecule has 4 rings (SSSR count). The minimum atomic E-state index is 0.163. The molecule has 1 aromatic carbocycles. The summed E-state index contributed by atoms with van der Waals surface area (Å²) in [5.74, 6) is 1.11. The quantitative estimate of drug-likeness (QED) is 0.631.